The first-order valence-electron chi connectivity index (χ1n) is 7.28. The number of carbonyl (C=O) groups excluding carboxylic acids is 2. The average Bonchev–Trinajstić information content (AvgIpc) is 2.43. The van der Waals surface area contributed by atoms with Crippen LogP contribution in [0.3, 0.4) is 0 Å². The minimum Gasteiger partial charge on any atom is -0.306 e. The zero-order valence-corrected chi connectivity index (χ0v) is 12.1. The van der Waals surface area contributed by atoms with Gasteiger partial charge < -0.3 is 4.90 Å². The van der Waals surface area contributed by atoms with E-state index in [2.05, 4.69) is 10.2 Å². The molecule has 1 aromatic carbocycles. The number of imide groups is 1. The van der Waals surface area contributed by atoms with E-state index in [-0.39, 0.29) is 17.6 Å². The number of likely N-dealkylation sites (tertiary alicyclic amines) is 1. The molecule has 2 heterocycles. The highest BCUT2D eigenvalue weighted by Crippen LogP contribution is 2.49. The van der Waals surface area contributed by atoms with E-state index in [1.807, 2.05) is 7.05 Å². The second-order valence-electron chi connectivity index (χ2n) is 6.21. The van der Waals surface area contributed by atoms with Crippen LogP contribution < -0.4 is 5.32 Å². The summed E-state index contributed by atoms with van der Waals surface area (Å²) in [5.74, 6) is -1.55. The van der Waals surface area contributed by atoms with Crippen molar-refractivity contribution in [1.82, 2.24) is 10.2 Å². The van der Waals surface area contributed by atoms with Crippen LogP contribution in [-0.4, -0.2) is 36.9 Å². The molecule has 0 aliphatic carbocycles. The van der Waals surface area contributed by atoms with Gasteiger partial charge >= 0.3 is 0 Å². The molecule has 0 saturated carbocycles. The van der Waals surface area contributed by atoms with Gasteiger partial charge in [0, 0.05) is 12.0 Å². The van der Waals surface area contributed by atoms with Crippen LogP contribution in [0.25, 0.3) is 0 Å². The second-order valence-corrected chi connectivity index (χ2v) is 6.21. The molecule has 2 aliphatic rings. The number of piperidine rings is 2. The Morgan fingerprint density at radius 2 is 1.90 bits per heavy atom. The Kier molecular flexibility index (Phi) is 3.53. The molecule has 1 unspecified atom stereocenters. The minimum absolute atomic E-state index is 0.239. The summed E-state index contributed by atoms with van der Waals surface area (Å²) in [6, 6.07) is 6.40. The predicted molar refractivity (Wildman–Crippen MR) is 76.1 cm³/mol. The predicted octanol–water partition coefficient (Wildman–Crippen LogP) is 1.67. The molecule has 4 nitrogen and oxygen atoms in total. The number of amides is 2. The highest BCUT2D eigenvalue weighted by atomic mass is 19.1. The molecule has 3 rings (SSSR count). The summed E-state index contributed by atoms with van der Waals surface area (Å²) < 4.78 is 14.2. The van der Waals surface area contributed by atoms with Crippen LogP contribution in [0.1, 0.15) is 30.7 Å². The van der Waals surface area contributed by atoms with Crippen molar-refractivity contribution in [3.05, 3.63) is 35.6 Å². The Labute approximate surface area is 123 Å². The molecule has 1 atom stereocenters. The third kappa shape index (κ3) is 2.46. The van der Waals surface area contributed by atoms with E-state index >= 15 is 0 Å². The molecule has 2 amide bonds. The van der Waals surface area contributed by atoms with Crippen molar-refractivity contribution in [2.45, 2.75) is 25.2 Å². The monoisotopic (exact) mass is 290 g/mol. The van der Waals surface area contributed by atoms with Gasteiger partial charge in [-0.3, -0.25) is 14.9 Å². The first kappa shape index (κ1) is 14.2. The molecule has 2 saturated heterocycles. The molecule has 1 aromatic rings. The maximum atomic E-state index is 14.2. The summed E-state index contributed by atoms with van der Waals surface area (Å²) in [5, 5.41) is 2.38. The van der Waals surface area contributed by atoms with E-state index in [1.54, 1.807) is 18.2 Å². The smallest absolute Gasteiger partial charge is 0.234 e. The number of nitrogens with zero attached hydrogens (tertiary/aromatic N) is 1. The molecule has 112 valence electrons. The Bertz CT molecular complexity index is 579. The lowest BCUT2D eigenvalue weighted by atomic mass is 9.62. The summed E-state index contributed by atoms with van der Waals surface area (Å²) in [4.78, 5) is 26.4. The van der Waals surface area contributed by atoms with E-state index < -0.39 is 11.3 Å². The van der Waals surface area contributed by atoms with Crippen LogP contribution in [0.5, 0.6) is 0 Å². The lowest BCUT2D eigenvalue weighted by Crippen LogP contribution is -2.54. The molecule has 5 heteroatoms. The zero-order valence-electron chi connectivity index (χ0n) is 12.1. The van der Waals surface area contributed by atoms with Gasteiger partial charge in [-0.15, -0.1) is 0 Å². The Hall–Kier alpha value is -1.75. The van der Waals surface area contributed by atoms with E-state index in [4.69, 9.17) is 0 Å². The molecule has 0 radical (unpaired) electrons. The van der Waals surface area contributed by atoms with Gasteiger partial charge in [-0.05, 0) is 44.5 Å². The third-order valence-corrected chi connectivity index (χ3v) is 4.85. The SMILES string of the molecule is CN1CCC2(CC1)CC(=O)NC(=O)C2c1ccccc1F. The normalized spacial score (nSPS) is 25.9. The fourth-order valence-electron chi connectivity index (χ4n) is 3.66. The molecule has 1 spiro atoms. The second kappa shape index (κ2) is 5.22. The van der Waals surface area contributed by atoms with Crippen molar-refractivity contribution < 1.29 is 14.0 Å². The van der Waals surface area contributed by atoms with Crippen LogP contribution >= 0.6 is 0 Å². The maximum absolute atomic E-state index is 14.2. The lowest BCUT2D eigenvalue weighted by molar-refractivity contribution is -0.142. The Morgan fingerprint density at radius 3 is 2.57 bits per heavy atom. The first-order valence-corrected chi connectivity index (χ1v) is 7.28. The topological polar surface area (TPSA) is 49.4 Å². The van der Waals surface area contributed by atoms with Crippen LogP contribution in [0.15, 0.2) is 24.3 Å². The van der Waals surface area contributed by atoms with Gasteiger partial charge in [-0.2, -0.15) is 0 Å². The fraction of sp³-hybridized carbons (Fsp3) is 0.500. The molecular formula is C16H19FN2O2. The quantitative estimate of drug-likeness (QED) is 0.800. The number of nitrogens with one attached hydrogen (secondary N) is 1. The van der Waals surface area contributed by atoms with Gasteiger partial charge in [0.2, 0.25) is 11.8 Å². The summed E-state index contributed by atoms with van der Waals surface area (Å²) in [6.45, 7) is 1.65. The van der Waals surface area contributed by atoms with E-state index in [0.29, 0.717) is 12.0 Å². The van der Waals surface area contributed by atoms with E-state index in [0.717, 1.165) is 25.9 Å². The number of hydrogen-bond acceptors (Lipinski definition) is 3. The Morgan fingerprint density at radius 1 is 1.24 bits per heavy atom. The highest BCUT2D eigenvalue weighted by molar-refractivity contribution is 6.02. The van der Waals surface area contributed by atoms with Gasteiger partial charge in [-0.25, -0.2) is 4.39 Å². The average molecular weight is 290 g/mol. The van der Waals surface area contributed by atoms with Crippen molar-refractivity contribution in [3.8, 4) is 0 Å². The molecule has 0 bridgehead atoms. The summed E-state index contributed by atoms with van der Waals surface area (Å²) in [7, 11) is 2.02. The number of carbonyl (C=O) groups is 2. The largest absolute Gasteiger partial charge is 0.306 e. The van der Waals surface area contributed by atoms with Crippen LogP contribution in [0.2, 0.25) is 0 Å². The van der Waals surface area contributed by atoms with Crippen molar-refractivity contribution in [2.75, 3.05) is 20.1 Å². The maximum Gasteiger partial charge on any atom is 0.234 e. The minimum atomic E-state index is -0.579. The molecule has 0 aromatic heterocycles. The van der Waals surface area contributed by atoms with Gasteiger partial charge in [0.1, 0.15) is 5.82 Å². The van der Waals surface area contributed by atoms with Crippen LogP contribution in [0.4, 0.5) is 4.39 Å². The van der Waals surface area contributed by atoms with Crippen molar-refractivity contribution in [1.29, 1.82) is 0 Å². The van der Waals surface area contributed by atoms with Gasteiger partial charge in [0.15, 0.2) is 0 Å². The summed E-state index contributed by atoms with van der Waals surface area (Å²) >= 11 is 0. The lowest BCUT2D eigenvalue weighted by Gasteiger charge is -2.47. The van der Waals surface area contributed by atoms with Crippen LogP contribution in [-0.2, 0) is 9.59 Å². The Balaban J connectivity index is 2.03. The highest BCUT2D eigenvalue weighted by Gasteiger charge is 2.50. The van der Waals surface area contributed by atoms with E-state index in [9.17, 15) is 14.0 Å². The molecule has 2 aliphatic heterocycles. The van der Waals surface area contributed by atoms with Crippen molar-refractivity contribution in [2.24, 2.45) is 5.41 Å². The molecule has 1 N–H and O–H groups in total. The first-order chi connectivity index (χ1) is 10.0. The molecular weight excluding hydrogens is 271 g/mol. The van der Waals surface area contributed by atoms with E-state index in [1.165, 1.54) is 6.07 Å². The number of benzene rings is 1. The number of halogens is 1. The van der Waals surface area contributed by atoms with Gasteiger partial charge in [0.05, 0.1) is 5.92 Å². The van der Waals surface area contributed by atoms with Gasteiger partial charge in [-0.1, -0.05) is 18.2 Å². The zero-order chi connectivity index (χ0) is 15.0. The van der Waals surface area contributed by atoms with Crippen molar-refractivity contribution in [3.63, 3.8) is 0 Å². The summed E-state index contributed by atoms with van der Waals surface area (Å²) in [6.07, 6.45) is 1.77. The molecule has 21 heavy (non-hydrogen) atoms. The van der Waals surface area contributed by atoms with Crippen molar-refractivity contribution >= 4 is 11.8 Å². The number of hydrogen-bond donors (Lipinski definition) is 1. The standard InChI is InChI=1S/C16H19FN2O2/c1-19-8-6-16(7-9-19)10-13(20)18-15(21)14(16)11-4-2-3-5-12(11)17/h2-5,14H,6-10H2,1H3,(H,18,20,21). The van der Waals surface area contributed by atoms with Crippen LogP contribution in [0, 0.1) is 11.2 Å². The summed E-state index contributed by atoms with van der Waals surface area (Å²) in [5.41, 5.74) is -0.0410. The van der Waals surface area contributed by atoms with Gasteiger partial charge in [0.25, 0.3) is 0 Å². The third-order valence-electron chi connectivity index (χ3n) is 4.85. The number of rotatable bonds is 1. The molecule has 2 fully saturated rings. The fourth-order valence-corrected chi connectivity index (χ4v) is 3.66.